The van der Waals surface area contributed by atoms with E-state index in [1.807, 2.05) is 37.8 Å². The number of rotatable bonds is 5. The largest absolute Gasteiger partial charge is 0.329 e. The molecule has 3 rings (SSSR count). The highest BCUT2D eigenvalue weighted by molar-refractivity contribution is 5.74. The van der Waals surface area contributed by atoms with Crippen molar-refractivity contribution in [3.05, 3.63) is 42.5 Å². The molecule has 0 bridgehead atoms. The number of imidazole rings is 1. The molecule has 0 aliphatic carbocycles. The van der Waals surface area contributed by atoms with Crippen molar-refractivity contribution in [2.45, 2.75) is 19.0 Å². The molecule has 0 saturated carbocycles. The van der Waals surface area contributed by atoms with Crippen molar-refractivity contribution < 1.29 is 0 Å². The van der Waals surface area contributed by atoms with Crippen LogP contribution in [0.2, 0.25) is 0 Å². The summed E-state index contributed by atoms with van der Waals surface area (Å²) in [6, 6.07) is 8.12. The molecule has 7 heteroatoms. The molecule has 0 fully saturated rings. The lowest BCUT2D eigenvalue weighted by Gasteiger charge is -2.15. The van der Waals surface area contributed by atoms with Crippen LogP contribution in [0.4, 0.5) is 0 Å². The molecule has 2 aromatic heterocycles. The molecule has 0 aliphatic heterocycles. The maximum absolute atomic E-state index is 5.65. The van der Waals surface area contributed by atoms with Gasteiger partial charge in [0.25, 0.3) is 0 Å². The molecule has 1 atom stereocenters. The topological polar surface area (TPSA) is 86.6 Å². The summed E-state index contributed by atoms with van der Waals surface area (Å²) in [5.74, 6) is 5.65. The van der Waals surface area contributed by atoms with Gasteiger partial charge in [0.15, 0.2) is 0 Å². The van der Waals surface area contributed by atoms with E-state index < -0.39 is 0 Å². The highest BCUT2D eigenvalue weighted by Gasteiger charge is 2.12. The lowest BCUT2D eigenvalue weighted by molar-refractivity contribution is 0.457. The SMILES string of the molecule is Cn1cc(CC(Cn2cnc3ccccc32)NN)nn1. The fourth-order valence-electron chi connectivity index (χ4n) is 2.31. The first-order chi connectivity index (χ1) is 9.76. The van der Waals surface area contributed by atoms with Crippen molar-refractivity contribution in [2.75, 3.05) is 0 Å². The molecule has 0 aliphatic rings. The zero-order valence-electron chi connectivity index (χ0n) is 11.3. The van der Waals surface area contributed by atoms with Crippen LogP contribution in [0.25, 0.3) is 11.0 Å². The molecule has 0 spiro atoms. The van der Waals surface area contributed by atoms with Gasteiger partial charge in [-0.1, -0.05) is 17.3 Å². The second kappa shape index (κ2) is 5.40. The number of hydrazine groups is 1. The number of benzene rings is 1. The number of para-hydroxylation sites is 2. The summed E-state index contributed by atoms with van der Waals surface area (Å²) in [7, 11) is 1.85. The molecular weight excluding hydrogens is 254 g/mol. The minimum Gasteiger partial charge on any atom is -0.329 e. The molecule has 2 heterocycles. The molecule has 1 aromatic carbocycles. The predicted octanol–water partition coefficient (Wildman–Crippen LogP) is 0.239. The highest BCUT2D eigenvalue weighted by atomic mass is 15.4. The van der Waals surface area contributed by atoms with Gasteiger partial charge in [-0.05, 0) is 12.1 Å². The Kier molecular flexibility index (Phi) is 3.44. The first-order valence-corrected chi connectivity index (χ1v) is 6.47. The van der Waals surface area contributed by atoms with Crippen LogP contribution in [0.1, 0.15) is 5.69 Å². The van der Waals surface area contributed by atoms with E-state index in [1.165, 1.54) is 0 Å². The van der Waals surface area contributed by atoms with Gasteiger partial charge in [0.1, 0.15) is 0 Å². The summed E-state index contributed by atoms with van der Waals surface area (Å²) >= 11 is 0. The molecule has 3 N–H and O–H groups in total. The van der Waals surface area contributed by atoms with Crippen LogP contribution < -0.4 is 11.3 Å². The minimum absolute atomic E-state index is 0.0734. The van der Waals surface area contributed by atoms with E-state index in [-0.39, 0.29) is 6.04 Å². The van der Waals surface area contributed by atoms with E-state index >= 15 is 0 Å². The van der Waals surface area contributed by atoms with Crippen molar-refractivity contribution in [1.82, 2.24) is 30.0 Å². The third-order valence-corrected chi connectivity index (χ3v) is 3.29. The standard InChI is InChI=1S/C13H17N7/c1-19-7-11(17-18-19)6-10(16-14)8-20-9-15-12-4-2-3-5-13(12)20/h2-5,7,9-10,16H,6,8,14H2,1H3. The zero-order valence-corrected chi connectivity index (χ0v) is 11.3. The quantitative estimate of drug-likeness (QED) is 0.513. The number of nitrogens with one attached hydrogen (secondary N) is 1. The van der Waals surface area contributed by atoms with Crippen molar-refractivity contribution in [3.63, 3.8) is 0 Å². The Labute approximate surface area is 116 Å². The van der Waals surface area contributed by atoms with Crippen molar-refractivity contribution in [1.29, 1.82) is 0 Å². The Morgan fingerprint density at radius 1 is 1.35 bits per heavy atom. The first-order valence-electron chi connectivity index (χ1n) is 6.47. The lowest BCUT2D eigenvalue weighted by Crippen LogP contribution is -2.40. The molecular formula is C13H17N7. The van der Waals surface area contributed by atoms with Gasteiger partial charge >= 0.3 is 0 Å². The number of nitrogens with zero attached hydrogens (tertiary/aromatic N) is 5. The molecule has 20 heavy (non-hydrogen) atoms. The van der Waals surface area contributed by atoms with Crippen LogP contribution >= 0.6 is 0 Å². The van der Waals surface area contributed by atoms with Crippen LogP contribution in [0.15, 0.2) is 36.8 Å². The van der Waals surface area contributed by atoms with E-state index in [9.17, 15) is 0 Å². The third-order valence-electron chi connectivity index (χ3n) is 3.29. The molecule has 104 valence electrons. The zero-order chi connectivity index (χ0) is 13.9. The van der Waals surface area contributed by atoms with E-state index in [1.54, 1.807) is 4.68 Å². The van der Waals surface area contributed by atoms with Gasteiger partial charge < -0.3 is 4.57 Å². The van der Waals surface area contributed by atoms with Gasteiger partial charge in [0.2, 0.25) is 0 Å². The summed E-state index contributed by atoms with van der Waals surface area (Å²) in [4.78, 5) is 4.38. The third kappa shape index (κ3) is 2.54. The van der Waals surface area contributed by atoms with E-state index in [0.29, 0.717) is 0 Å². The highest BCUT2D eigenvalue weighted by Crippen LogP contribution is 2.13. The van der Waals surface area contributed by atoms with Gasteiger partial charge in [-0.3, -0.25) is 16.0 Å². The number of hydrogen-bond acceptors (Lipinski definition) is 5. The van der Waals surface area contributed by atoms with Crippen LogP contribution in [-0.2, 0) is 20.0 Å². The fourth-order valence-corrected chi connectivity index (χ4v) is 2.31. The maximum atomic E-state index is 5.65. The summed E-state index contributed by atoms with van der Waals surface area (Å²) in [6.45, 7) is 0.730. The van der Waals surface area contributed by atoms with Crippen LogP contribution in [-0.4, -0.2) is 30.6 Å². The van der Waals surface area contributed by atoms with E-state index in [4.69, 9.17) is 5.84 Å². The molecule has 0 radical (unpaired) electrons. The summed E-state index contributed by atoms with van der Waals surface area (Å²) < 4.78 is 3.78. The molecule has 0 amide bonds. The summed E-state index contributed by atoms with van der Waals surface area (Å²) in [5.41, 5.74) is 5.85. The molecule has 3 aromatic rings. The Hall–Kier alpha value is -2.25. The second-order valence-corrected chi connectivity index (χ2v) is 4.84. The Bertz CT molecular complexity index is 699. The van der Waals surface area contributed by atoms with E-state index in [0.717, 1.165) is 29.7 Å². The smallest absolute Gasteiger partial charge is 0.0958 e. The Balaban J connectivity index is 1.77. The van der Waals surface area contributed by atoms with Gasteiger partial charge in [-0.25, -0.2) is 4.98 Å². The van der Waals surface area contributed by atoms with Gasteiger partial charge in [-0.2, -0.15) is 0 Å². The molecule has 1 unspecified atom stereocenters. The van der Waals surface area contributed by atoms with Gasteiger partial charge in [-0.15, -0.1) is 5.10 Å². The van der Waals surface area contributed by atoms with Crippen molar-refractivity contribution in [3.8, 4) is 0 Å². The fraction of sp³-hybridized carbons (Fsp3) is 0.308. The van der Waals surface area contributed by atoms with Gasteiger partial charge in [0.05, 0.1) is 23.1 Å². The number of aryl methyl sites for hydroxylation is 1. The summed E-state index contributed by atoms with van der Waals surface area (Å²) in [6.07, 6.45) is 4.46. The molecule has 0 saturated heterocycles. The van der Waals surface area contributed by atoms with Crippen LogP contribution in [0, 0.1) is 0 Å². The summed E-state index contributed by atoms with van der Waals surface area (Å²) in [5, 5.41) is 8.02. The first kappa shape index (κ1) is 12.8. The second-order valence-electron chi connectivity index (χ2n) is 4.84. The van der Waals surface area contributed by atoms with Crippen molar-refractivity contribution >= 4 is 11.0 Å². The van der Waals surface area contributed by atoms with Crippen molar-refractivity contribution in [2.24, 2.45) is 12.9 Å². The number of aromatic nitrogens is 5. The van der Waals surface area contributed by atoms with E-state index in [2.05, 4.69) is 31.4 Å². The van der Waals surface area contributed by atoms with Gasteiger partial charge in [0, 0.05) is 32.3 Å². The average molecular weight is 271 g/mol. The maximum Gasteiger partial charge on any atom is 0.0958 e. The number of fused-ring (bicyclic) bond motifs is 1. The normalized spacial score (nSPS) is 12.9. The number of nitrogens with two attached hydrogens (primary N) is 1. The monoisotopic (exact) mass is 271 g/mol. The van der Waals surface area contributed by atoms with Crippen LogP contribution in [0.3, 0.4) is 0 Å². The number of hydrogen-bond donors (Lipinski definition) is 2. The average Bonchev–Trinajstić information content (AvgIpc) is 3.05. The minimum atomic E-state index is 0.0734. The Morgan fingerprint density at radius 2 is 2.20 bits per heavy atom. The lowest BCUT2D eigenvalue weighted by atomic mass is 10.1. The predicted molar refractivity (Wildman–Crippen MR) is 75.6 cm³/mol. The van der Waals surface area contributed by atoms with Crippen LogP contribution in [0.5, 0.6) is 0 Å². The Morgan fingerprint density at radius 3 is 2.95 bits per heavy atom. The molecule has 7 nitrogen and oxygen atoms in total.